The third kappa shape index (κ3) is 1.86. The van der Waals surface area contributed by atoms with Crippen molar-refractivity contribution >= 4 is 6.08 Å². The van der Waals surface area contributed by atoms with Gasteiger partial charge in [0.2, 0.25) is 0 Å². The first-order valence-corrected chi connectivity index (χ1v) is 6.07. The molecule has 1 aromatic carbocycles. The van der Waals surface area contributed by atoms with E-state index < -0.39 is 0 Å². The summed E-state index contributed by atoms with van der Waals surface area (Å²) in [4.78, 5) is 0. The maximum absolute atomic E-state index is 2.42. The lowest BCUT2D eigenvalue weighted by Gasteiger charge is -2.09. The van der Waals surface area contributed by atoms with E-state index in [1.807, 2.05) is 0 Å². The number of rotatable bonds is 3. The predicted octanol–water partition coefficient (Wildman–Crippen LogP) is 4.30. The van der Waals surface area contributed by atoms with Gasteiger partial charge in [-0.05, 0) is 48.4 Å². The van der Waals surface area contributed by atoms with E-state index in [4.69, 9.17) is 0 Å². The van der Waals surface area contributed by atoms with Crippen molar-refractivity contribution in [2.24, 2.45) is 0 Å². The lowest BCUT2D eigenvalue weighted by atomic mass is 9.96. The summed E-state index contributed by atoms with van der Waals surface area (Å²) >= 11 is 0. The summed E-state index contributed by atoms with van der Waals surface area (Å²) < 4.78 is 0. The van der Waals surface area contributed by atoms with Crippen LogP contribution in [-0.4, -0.2) is 0 Å². The number of hydrogen-bond donors (Lipinski definition) is 0. The Hall–Kier alpha value is -1.04. The van der Waals surface area contributed by atoms with Crippen molar-refractivity contribution < 1.29 is 0 Å². The van der Waals surface area contributed by atoms with Gasteiger partial charge in [-0.3, -0.25) is 0 Å². The van der Waals surface area contributed by atoms with Crippen LogP contribution < -0.4 is 0 Å². The van der Waals surface area contributed by atoms with Crippen LogP contribution in [0.3, 0.4) is 0 Å². The monoisotopic (exact) mass is 200 g/mol. The van der Waals surface area contributed by atoms with Crippen molar-refractivity contribution in [1.82, 2.24) is 0 Å². The van der Waals surface area contributed by atoms with Crippen molar-refractivity contribution in [1.29, 1.82) is 0 Å². The Morgan fingerprint density at radius 2 is 2.00 bits per heavy atom. The Labute approximate surface area is 93.0 Å². The molecule has 1 aliphatic rings. The molecule has 15 heavy (non-hydrogen) atoms. The highest BCUT2D eigenvalue weighted by Crippen LogP contribution is 2.32. The molecule has 0 heteroatoms. The van der Waals surface area contributed by atoms with Gasteiger partial charge in [-0.25, -0.2) is 0 Å². The first kappa shape index (κ1) is 10.5. The van der Waals surface area contributed by atoms with Crippen LogP contribution >= 0.6 is 0 Å². The van der Waals surface area contributed by atoms with Gasteiger partial charge in [-0.15, -0.1) is 0 Å². The topological polar surface area (TPSA) is 0 Å². The minimum Gasteiger partial charge on any atom is -0.0655 e. The van der Waals surface area contributed by atoms with Crippen molar-refractivity contribution in [3.63, 3.8) is 0 Å². The molecule has 0 saturated carbocycles. The van der Waals surface area contributed by atoms with Gasteiger partial charge in [0.25, 0.3) is 0 Å². The Bertz CT molecular complexity index is 397. The van der Waals surface area contributed by atoms with Gasteiger partial charge in [0.1, 0.15) is 0 Å². The summed E-state index contributed by atoms with van der Waals surface area (Å²) in [6.45, 7) is 6.75. The molecule has 0 amide bonds. The molecule has 0 aromatic heterocycles. The van der Waals surface area contributed by atoms with Crippen molar-refractivity contribution in [3.8, 4) is 0 Å². The molecule has 1 aliphatic carbocycles. The lowest BCUT2D eigenvalue weighted by molar-refractivity contribution is 0.915. The Balaban J connectivity index is 2.45. The smallest absolute Gasteiger partial charge is 0.00552 e. The number of aryl methyl sites for hydroxylation is 2. The van der Waals surface area contributed by atoms with E-state index in [9.17, 15) is 0 Å². The third-order valence-electron chi connectivity index (χ3n) is 3.41. The fourth-order valence-corrected chi connectivity index (χ4v) is 2.43. The fourth-order valence-electron chi connectivity index (χ4n) is 2.43. The van der Waals surface area contributed by atoms with Crippen molar-refractivity contribution in [2.45, 2.75) is 46.5 Å². The second-order valence-electron chi connectivity index (χ2n) is 4.52. The minimum absolute atomic E-state index is 1.19. The first-order chi connectivity index (χ1) is 7.26. The van der Waals surface area contributed by atoms with Crippen molar-refractivity contribution in [2.75, 3.05) is 0 Å². The fraction of sp³-hybridized carbons (Fsp3) is 0.467. The summed E-state index contributed by atoms with van der Waals surface area (Å²) in [6.07, 6.45) is 7.27. The average molecular weight is 200 g/mol. The van der Waals surface area contributed by atoms with Crippen LogP contribution in [0.5, 0.6) is 0 Å². The highest BCUT2D eigenvalue weighted by Gasteiger charge is 2.16. The largest absolute Gasteiger partial charge is 0.0655 e. The summed E-state index contributed by atoms with van der Waals surface area (Å²) in [6, 6.07) is 4.60. The van der Waals surface area contributed by atoms with Crippen LogP contribution in [0.15, 0.2) is 17.7 Å². The van der Waals surface area contributed by atoms with E-state index in [0.29, 0.717) is 0 Å². The molecule has 0 N–H and O–H groups in total. The number of fused-ring (bicyclic) bond motifs is 1. The maximum atomic E-state index is 2.42. The molecule has 1 aromatic rings. The predicted molar refractivity (Wildman–Crippen MR) is 67.1 cm³/mol. The van der Waals surface area contributed by atoms with Crippen LogP contribution in [0.25, 0.3) is 6.08 Å². The molecule has 0 unspecified atom stereocenters. The molecule has 0 radical (unpaired) electrons. The maximum Gasteiger partial charge on any atom is -0.00552 e. The Kier molecular flexibility index (Phi) is 2.95. The van der Waals surface area contributed by atoms with Crippen LogP contribution in [0, 0.1) is 6.92 Å². The van der Waals surface area contributed by atoms with Gasteiger partial charge in [-0.1, -0.05) is 44.1 Å². The molecule has 0 bridgehead atoms. The third-order valence-corrected chi connectivity index (χ3v) is 3.41. The lowest BCUT2D eigenvalue weighted by Crippen LogP contribution is -1.94. The van der Waals surface area contributed by atoms with Gasteiger partial charge < -0.3 is 0 Å². The molecule has 0 saturated heterocycles. The van der Waals surface area contributed by atoms with E-state index in [2.05, 4.69) is 39.0 Å². The first-order valence-electron chi connectivity index (χ1n) is 6.07. The molecule has 0 nitrogen and oxygen atoms in total. The van der Waals surface area contributed by atoms with Gasteiger partial charge in [0.15, 0.2) is 0 Å². The normalized spacial score (nSPS) is 13.9. The van der Waals surface area contributed by atoms with E-state index in [-0.39, 0.29) is 0 Å². The Morgan fingerprint density at radius 1 is 1.20 bits per heavy atom. The highest BCUT2D eigenvalue weighted by molar-refractivity contribution is 5.68. The van der Waals surface area contributed by atoms with E-state index in [0.717, 1.165) is 0 Å². The molecule has 0 fully saturated rings. The quantitative estimate of drug-likeness (QED) is 0.682. The molecule has 0 atom stereocenters. The molecular weight excluding hydrogens is 180 g/mol. The number of allylic oxidation sites excluding steroid dienone is 1. The molecule has 0 aliphatic heterocycles. The van der Waals surface area contributed by atoms with Gasteiger partial charge in [0.05, 0.1) is 0 Å². The highest BCUT2D eigenvalue weighted by atomic mass is 14.2. The van der Waals surface area contributed by atoms with Crippen LogP contribution in [-0.2, 0) is 12.8 Å². The summed E-state index contributed by atoms with van der Waals surface area (Å²) in [7, 11) is 0. The summed E-state index contributed by atoms with van der Waals surface area (Å²) in [5.74, 6) is 0. The van der Waals surface area contributed by atoms with Crippen LogP contribution in [0.4, 0.5) is 0 Å². The zero-order valence-corrected chi connectivity index (χ0v) is 10.1. The molecule has 80 valence electrons. The molecule has 2 rings (SSSR count). The average Bonchev–Trinajstić information content (AvgIpc) is 2.67. The summed E-state index contributed by atoms with van der Waals surface area (Å²) in [5.41, 5.74) is 7.72. The molecule has 0 heterocycles. The van der Waals surface area contributed by atoms with E-state index in [1.54, 1.807) is 16.7 Å². The van der Waals surface area contributed by atoms with Crippen LogP contribution in [0.1, 0.15) is 48.9 Å². The van der Waals surface area contributed by atoms with Gasteiger partial charge in [0, 0.05) is 0 Å². The zero-order chi connectivity index (χ0) is 10.8. The van der Waals surface area contributed by atoms with E-state index >= 15 is 0 Å². The van der Waals surface area contributed by atoms with Gasteiger partial charge in [-0.2, -0.15) is 0 Å². The zero-order valence-electron chi connectivity index (χ0n) is 10.1. The van der Waals surface area contributed by atoms with E-state index in [1.165, 1.54) is 36.8 Å². The number of hydrogen-bond acceptors (Lipinski definition) is 0. The van der Waals surface area contributed by atoms with Crippen molar-refractivity contribution in [3.05, 3.63) is 40.0 Å². The number of benzene rings is 1. The molecule has 0 spiro atoms. The second kappa shape index (κ2) is 4.22. The second-order valence-corrected chi connectivity index (χ2v) is 4.52. The standard InChI is InChI=1S/C15H20/c1-4-6-13-8-7-11(3)14-9-12(5-2)10-15(13)14/h7-8,10H,4-6,9H2,1-3H3. The van der Waals surface area contributed by atoms with Crippen LogP contribution in [0.2, 0.25) is 0 Å². The summed E-state index contributed by atoms with van der Waals surface area (Å²) in [5, 5.41) is 0. The molecular formula is C15H20. The van der Waals surface area contributed by atoms with Gasteiger partial charge >= 0.3 is 0 Å². The Morgan fingerprint density at radius 3 is 2.67 bits per heavy atom. The SMILES string of the molecule is CCCc1ccc(C)c2c1C=C(CC)C2. The minimum atomic E-state index is 1.19.